The number of amides is 1. The smallest absolute Gasteiger partial charge is 0.338 e. The fourth-order valence-electron chi connectivity index (χ4n) is 2.44. The molecule has 0 aliphatic rings. The van der Waals surface area contributed by atoms with Crippen molar-refractivity contribution in [3.8, 4) is 11.3 Å². The molecule has 3 rings (SSSR count). The Bertz CT molecular complexity index is 1030. The van der Waals surface area contributed by atoms with Gasteiger partial charge in [-0.25, -0.2) is 10.2 Å². The second kappa shape index (κ2) is 10.7. The Balaban J connectivity index is 1.51. The van der Waals surface area contributed by atoms with E-state index < -0.39 is 0 Å². The standard InChI is InChI=1S/C22H19ClN2O4S/c1-2-28-22(27)16-5-3-15(4-6-16)20-12-9-18(29-20)13-24-25-21(26)14-30-19-10-7-17(23)8-11-19/h3-13H,2,14H2,1H3,(H,25,26)/b24-13+. The van der Waals surface area contributed by atoms with E-state index in [2.05, 4.69) is 10.5 Å². The van der Waals surface area contributed by atoms with Gasteiger partial charge in [-0.05, 0) is 55.5 Å². The highest BCUT2D eigenvalue weighted by molar-refractivity contribution is 8.00. The second-order valence-electron chi connectivity index (χ2n) is 6.04. The van der Waals surface area contributed by atoms with Crippen LogP contribution in [0.25, 0.3) is 11.3 Å². The van der Waals surface area contributed by atoms with Gasteiger partial charge in [0.2, 0.25) is 5.91 Å². The van der Waals surface area contributed by atoms with Crippen LogP contribution in [0.2, 0.25) is 5.02 Å². The predicted octanol–water partition coefficient (Wildman–Crippen LogP) is 5.02. The third-order valence-electron chi connectivity index (χ3n) is 3.87. The molecular formula is C22H19ClN2O4S. The van der Waals surface area contributed by atoms with Crippen molar-refractivity contribution >= 4 is 41.5 Å². The van der Waals surface area contributed by atoms with Crippen LogP contribution in [0.15, 0.2) is 75.1 Å². The lowest BCUT2D eigenvalue weighted by Crippen LogP contribution is -2.19. The Kier molecular flexibility index (Phi) is 7.70. The first-order valence-electron chi connectivity index (χ1n) is 9.13. The van der Waals surface area contributed by atoms with Crippen molar-refractivity contribution in [3.05, 3.63) is 77.0 Å². The van der Waals surface area contributed by atoms with Gasteiger partial charge in [0, 0.05) is 15.5 Å². The van der Waals surface area contributed by atoms with Gasteiger partial charge >= 0.3 is 5.97 Å². The maximum atomic E-state index is 11.9. The number of nitrogens with zero attached hydrogens (tertiary/aromatic N) is 1. The molecule has 154 valence electrons. The molecule has 0 radical (unpaired) electrons. The molecule has 1 amide bonds. The maximum absolute atomic E-state index is 11.9. The van der Waals surface area contributed by atoms with Crippen LogP contribution in [0.5, 0.6) is 0 Å². The highest BCUT2D eigenvalue weighted by Crippen LogP contribution is 2.22. The number of nitrogens with one attached hydrogen (secondary N) is 1. The van der Waals surface area contributed by atoms with Crippen LogP contribution in [-0.2, 0) is 9.53 Å². The molecule has 2 aromatic carbocycles. The number of ether oxygens (including phenoxy) is 1. The molecule has 1 N–H and O–H groups in total. The number of halogens is 1. The lowest BCUT2D eigenvalue weighted by atomic mass is 10.1. The summed E-state index contributed by atoms with van der Waals surface area (Å²) in [6.07, 6.45) is 1.43. The number of rotatable bonds is 8. The van der Waals surface area contributed by atoms with Crippen LogP contribution in [-0.4, -0.2) is 30.5 Å². The molecule has 0 saturated heterocycles. The molecule has 0 aliphatic carbocycles. The van der Waals surface area contributed by atoms with Crippen molar-refractivity contribution in [1.82, 2.24) is 5.43 Å². The van der Waals surface area contributed by atoms with Gasteiger partial charge in [-0.1, -0.05) is 23.7 Å². The largest absolute Gasteiger partial charge is 0.462 e. The van der Waals surface area contributed by atoms with E-state index in [0.717, 1.165) is 10.5 Å². The molecule has 0 aliphatic heterocycles. The summed E-state index contributed by atoms with van der Waals surface area (Å²) in [5.74, 6) is 0.755. The molecule has 0 spiro atoms. The molecule has 0 saturated carbocycles. The Hall–Kier alpha value is -3.03. The Morgan fingerprint density at radius 1 is 1.10 bits per heavy atom. The molecule has 8 heteroatoms. The van der Waals surface area contributed by atoms with E-state index in [4.69, 9.17) is 20.8 Å². The summed E-state index contributed by atoms with van der Waals surface area (Å²) in [5, 5.41) is 4.57. The molecule has 30 heavy (non-hydrogen) atoms. The third kappa shape index (κ3) is 6.23. The normalized spacial score (nSPS) is 10.9. The first kappa shape index (κ1) is 21.7. The number of furan rings is 1. The molecule has 0 atom stereocenters. The quantitative estimate of drug-likeness (QED) is 0.229. The zero-order valence-corrected chi connectivity index (χ0v) is 17.7. The molecule has 0 unspecified atom stereocenters. The molecule has 3 aromatic rings. The van der Waals surface area contributed by atoms with Crippen LogP contribution >= 0.6 is 23.4 Å². The minimum atomic E-state index is -0.360. The van der Waals surface area contributed by atoms with Crippen molar-refractivity contribution in [3.63, 3.8) is 0 Å². The number of hydrogen-bond donors (Lipinski definition) is 1. The lowest BCUT2D eigenvalue weighted by molar-refractivity contribution is -0.118. The minimum absolute atomic E-state index is 0.229. The zero-order valence-electron chi connectivity index (χ0n) is 16.1. The first-order chi connectivity index (χ1) is 14.5. The fourth-order valence-corrected chi connectivity index (χ4v) is 3.26. The summed E-state index contributed by atoms with van der Waals surface area (Å²) in [5.41, 5.74) is 3.76. The van der Waals surface area contributed by atoms with Gasteiger partial charge in [0.1, 0.15) is 11.5 Å². The zero-order chi connectivity index (χ0) is 21.3. The van der Waals surface area contributed by atoms with Crippen LogP contribution in [0.1, 0.15) is 23.0 Å². The summed E-state index contributed by atoms with van der Waals surface area (Å²) in [4.78, 5) is 24.5. The molecule has 0 bridgehead atoms. The highest BCUT2D eigenvalue weighted by Gasteiger charge is 2.08. The van der Waals surface area contributed by atoms with Crippen LogP contribution in [0, 0.1) is 0 Å². The highest BCUT2D eigenvalue weighted by atomic mass is 35.5. The summed E-state index contributed by atoms with van der Waals surface area (Å²) in [6.45, 7) is 2.09. The van der Waals surface area contributed by atoms with E-state index in [9.17, 15) is 9.59 Å². The van der Waals surface area contributed by atoms with E-state index in [1.807, 2.05) is 12.1 Å². The fraction of sp³-hybridized carbons (Fsp3) is 0.136. The average molecular weight is 443 g/mol. The van der Waals surface area contributed by atoms with E-state index in [1.54, 1.807) is 55.5 Å². The van der Waals surface area contributed by atoms with E-state index >= 15 is 0 Å². The lowest BCUT2D eigenvalue weighted by Gasteiger charge is -2.02. The number of benzene rings is 2. The first-order valence-corrected chi connectivity index (χ1v) is 10.5. The molecule has 1 aromatic heterocycles. The van der Waals surface area contributed by atoms with Crippen molar-refractivity contribution in [2.24, 2.45) is 5.10 Å². The number of hydrogen-bond acceptors (Lipinski definition) is 6. The molecule has 6 nitrogen and oxygen atoms in total. The average Bonchev–Trinajstić information content (AvgIpc) is 3.22. The summed E-state index contributed by atoms with van der Waals surface area (Å²) in [6, 6.07) is 17.7. The van der Waals surface area contributed by atoms with Crippen molar-refractivity contribution in [2.75, 3.05) is 12.4 Å². The number of hydrazone groups is 1. The number of carbonyl (C=O) groups excluding carboxylic acids is 2. The van der Waals surface area contributed by atoms with Gasteiger partial charge in [-0.2, -0.15) is 5.10 Å². The third-order valence-corrected chi connectivity index (χ3v) is 5.14. The summed E-state index contributed by atoms with van der Waals surface area (Å²) < 4.78 is 10.7. The van der Waals surface area contributed by atoms with Gasteiger partial charge in [0.25, 0.3) is 0 Å². The number of esters is 1. The van der Waals surface area contributed by atoms with Crippen LogP contribution in [0.3, 0.4) is 0 Å². The Labute approximate surface area is 183 Å². The van der Waals surface area contributed by atoms with Crippen molar-refractivity contribution < 1.29 is 18.7 Å². The number of carbonyl (C=O) groups is 2. The van der Waals surface area contributed by atoms with E-state index in [-0.39, 0.29) is 17.6 Å². The van der Waals surface area contributed by atoms with Crippen molar-refractivity contribution in [2.45, 2.75) is 11.8 Å². The summed E-state index contributed by atoms with van der Waals surface area (Å²) >= 11 is 7.23. The SMILES string of the molecule is CCOC(=O)c1ccc(-c2ccc(/C=N/NC(=O)CSc3ccc(Cl)cc3)o2)cc1. The molecule has 0 fully saturated rings. The Morgan fingerprint density at radius 3 is 2.53 bits per heavy atom. The van der Waals surface area contributed by atoms with Gasteiger partial charge in [-0.15, -0.1) is 11.8 Å². The van der Waals surface area contributed by atoms with Gasteiger partial charge in [0.05, 0.1) is 24.1 Å². The van der Waals surface area contributed by atoms with Gasteiger partial charge in [-0.3, -0.25) is 4.79 Å². The molecule has 1 heterocycles. The Morgan fingerprint density at radius 2 is 1.83 bits per heavy atom. The topological polar surface area (TPSA) is 80.9 Å². The van der Waals surface area contributed by atoms with Crippen LogP contribution in [0.4, 0.5) is 0 Å². The van der Waals surface area contributed by atoms with Crippen molar-refractivity contribution in [1.29, 1.82) is 0 Å². The second-order valence-corrected chi connectivity index (χ2v) is 7.52. The monoisotopic (exact) mass is 442 g/mol. The predicted molar refractivity (Wildman–Crippen MR) is 118 cm³/mol. The van der Waals surface area contributed by atoms with Crippen LogP contribution < -0.4 is 5.43 Å². The summed E-state index contributed by atoms with van der Waals surface area (Å²) in [7, 11) is 0. The minimum Gasteiger partial charge on any atom is -0.462 e. The maximum Gasteiger partial charge on any atom is 0.338 e. The molecular weight excluding hydrogens is 424 g/mol. The van der Waals surface area contributed by atoms with Gasteiger partial charge in [0.15, 0.2) is 0 Å². The van der Waals surface area contributed by atoms with E-state index in [1.165, 1.54) is 18.0 Å². The van der Waals surface area contributed by atoms with Gasteiger partial charge < -0.3 is 9.15 Å². The number of thioether (sulfide) groups is 1. The van der Waals surface area contributed by atoms with E-state index in [0.29, 0.717) is 28.7 Å².